The van der Waals surface area contributed by atoms with Crippen molar-refractivity contribution in [2.24, 2.45) is 0 Å². The van der Waals surface area contributed by atoms with E-state index in [1.54, 1.807) is 4.90 Å². The Kier molecular flexibility index (Phi) is 2.83. The van der Waals surface area contributed by atoms with E-state index in [2.05, 4.69) is 5.32 Å². The van der Waals surface area contributed by atoms with Gasteiger partial charge in [-0.2, -0.15) is 0 Å². The van der Waals surface area contributed by atoms with Crippen molar-refractivity contribution in [1.29, 1.82) is 0 Å². The monoisotopic (exact) mass is 220 g/mol. The minimum Gasteiger partial charge on any atom is -0.392 e. The molecule has 0 saturated carbocycles. The number of nitrogens with one attached hydrogen (secondary N) is 1. The minimum atomic E-state index is -0.207. The summed E-state index contributed by atoms with van der Waals surface area (Å²) in [5.41, 5.74) is 2.52. The van der Waals surface area contributed by atoms with Gasteiger partial charge in [0.05, 0.1) is 18.0 Å². The Morgan fingerprint density at radius 2 is 2.25 bits per heavy atom. The second-order valence-corrected chi connectivity index (χ2v) is 3.92. The molecule has 16 heavy (non-hydrogen) atoms. The van der Waals surface area contributed by atoms with E-state index in [0.717, 1.165) is 16.9 Å². The van der Waals surface area contributed by atoms with Crippen LogP contribution in [0.4, 0.5) is 11.4 Å². The summed E-state index contributed by atoms with van der Waals surface area (Å²) in [6.07, 6.45) is 0. The van der Waals surface area contributed by atoms with Crippen LogP contribution >= 0.6 is 0 Å². The van der Waals surface area contributed by atoms with Crippen LogP contribution in [0.2, 0.25) is 0 Å². The van der Waals surface area contributed by atoms with Crippen LogP contribution in [0, 0.1) is 0 Å². The topological polar surface area (TPSA) is 52.6 Å². The van der Waals surface area contributed by atoms with E-state index in [1.165, 1.54) is 0 Å². The van der Waals surface area contributed by atoms with Gasteiger partial charge in [0.25, 0.3) is 0 Å². The maximum Gasteiger partial charge on any atom is 0.249 e. The molecule has 1 heterocycles. The zero-order valence-electron chi connectivity index (χ0n) is 9.53. The molecular weight excluding hydrogens is 204 g/mol. The van der Waals surface area contributed by atoms with E-state index in [-0.39, 0.29) is 18.6 Å². The predicted molar refractivity (Wildman–Crippen MR) is 63.5 cm³/mol. The predicted octanol–water partition coefficient (Wildman–Crippen LogP) is 1.35. The summed E-state index contributed by atoms with van der Waals surface area (Å²) in [4.78, 5) is 13.7. The van der Waals surface area contributed by atoms with Crippen LogP contribution in [-0.2, 0) is 11.4 Å². The molecule has 0 aromatic heterocycles. The third-order valence-corrected chi connectivity index (χ3v) is 2.88. The molecule has 0 aliphatic carbocycles. The number of fused-ring (bicyclic) bond motifs is 1. The lowest BCUT2D eigenvalue weighted by Crippen LogP contribution is -2.46. The zero-order chi connectivity index (χ0) is 11.7. The third-order valence-electron chi connectivity index (χ3n) is 2.88. The zero-order valence-corrected chi connectivity index (χ0v) is 9.53. The van der Waals surface area contributed by atoms with Gasteiger partial charge in [0, 0.05) is 12.1 Å². The molecule has 1 amide bonds. The Bertz CT molecular complexity index is 417. The summed E-state index contributed by atoms with van der Waals surface area (Å²) in [5, 5.41) is 12.4. The van der Waals surface area contributed by atoms with Gasteiger partial charge in [-0.1, -0.05) is 12.1 Å². The second kappa shape index (κ2) is 4.14. The molecule has 1 unspecified atom stereocenters. The molecule has 4 heteroatoms. The van der Waals surface area contributed by atoms with Gasteiger partial charge in [-0.3, -0.25) is 4.79 Å². The molecule has 0 bridgehead atoms. The van der Waals surface area contributed by atoms with Crippen molar-refractivity contribution in [3.8, 4) is 0 Å². The number of amides is 1. The van der Waals surface area contributed by atoms with Gasteiger partial charge in [-0.15, -0.1) is 0 Å². The van der Waals surface area contributed by atoms with E-state index >= 15 is 0 Å². The molecule has 0 saturated heterocycles. The lowest BCUT2D eigenvalue weighted by molar-refractivity contribution is -0.119. The van der Waals surface area contributed by atoms with Crippen molar-refractivity contribution in [3.63, 3.8) is 0 Å². The van der Waals surface area contributed by atoms with E-state index < -0.39 is 0 Å². The lowest BCUT2D eigenvalue weighted by atomic mass is 10.1. The van der Waals surface area contributed by atoms with Gasteiger partial charge in [0.2, 0.25) is 5.91 Å². The first-order chi connectivity index (χ1) is 7.69. The summed E-state index contributed by atoms with van der Waals surface area (Å²) in [7, 11) is 0. The molecule has 0 spiro atoms. The molecule has 1 atom stereocenters. The molecule has 0 fully saturated rings. The van der Waals surface area contributed by atoms with Crippen LogP contribution in [0.1, 0.15) is 19.4 Å². The van der Waals surface area contributed by atoms with E-state index in [4.69, 9.17) is 0 Å². The van der Waals surface area contributed by atoms with Gasteiger partial charge in [-0.05, 0) is 19.9 Å². The van der Waals surface area contributed by atoms with Crippen molar-refractivity contribution in [3.05, 3.63) is 23.8 Å². The van der Waals surface area contributed by atoms with Crippen LogP contribution in [0.3, 0.4) is 0 Å². The SMILES string of the molecule is CCN1C(=O)C(C)Nc2cccc(CO)c21. The molecule has 4 nitrogen and oxygen atoms in total. The van der Waals surface area contributed by atoms with Gasteiger partial charge in [0.1, 0.15) is 6.04 Å². The molecule has 1 aromatic carbocycles. The number of hydrogen-bond donors (Lipinski definition) is 2. The highest BCUT2D eigenvalue weighted by Gasteiger charge is 2.29. The van der Waals surface area contributed by atoms with Crippen molar-refractivity contribution in [2.45, 2.75) is 26.5 Å². The molecule has 1 aliphatic rings. The minimum absolute atomic E-state index is 0.0518. The number of benzene rings is 1. The Balaban J connectivity index is 2.56. The van der Waals surface area contributed by atoms with Crippen molar-refractivity contribution in [2.75, 3.05) is 16.8 Å². The van der Waals surface area contributed by atoms with Crippen molar-refractivity contribution in [1.82, 2.24) is 0 Å². The van der Waals surface area contributed by atoms with Gasteiger partial charge >= 0.3 is 0 Å². The molecule has 2 N–H and O–H groups in total. The number of anilines is 2. The van der Waals surface area contributed by atoms with E-state index in [9.17, 15) is 9.90 Å². The van der Waals surface area contributed by atoms with Crippen LogP contribution in [0.15, 0.2) is 18.2 Å². The number of aliphatic hydroxyl groups excluding tert-OH is 1. The largest absolute Gasteiger partial charge is 0.392 e. The number of carbonyl (C=O) groups is 1. The Labute approximate surface area is 94.9 Å². The molecular formula is C12H16N2O2. The van der Waals surface area contributed by atoms with Gasteiger partial charge < -0.3 is 15.3 Å². The van der Waals surface area contributed by atoms with Crippen LogP contribution in [-0.4, -0.2) is 23.6 Å². The summed E-state index contributed by atoms with van der Waals surface area (Å²) in [5.74, 6) is 0.0518. The van der Waals surface area contributed by atoms with Gasteiger partial charge in [-0.25, -0.2) is 0 Å². The van der Waals surface area contributed by atoms with E-state index in [0.29, 0.717) is 6.54 Å². The molecule has 1 aromatic rings. The quantitative estimate of drug-likeness (QED) is 0.791. The molecule has 86 valence electrons. The highest BCUT2D eigenvalue weighted by molar-refractivity contribution is 6.05. The third kappa shape index (κ3) is 1.55. The number of aliphatic hydroxyl groups is 1. The first kappa shape index (κ1) is 11.0. The number of likely N-dealkylation sites (N-methyl/N-ethyl adjacent to an activating group) is 1. The van der Waals surface area contributed by atoms with Crippen LogP contribution in [0.25, 0.3) is 0 Å². The molecule has 0 radical (unpaired) electrons. The number of rotatable bonds is 2. The number of nitrogens with zero attached hydrogens (tertiary/aromatic N) is 1. The second-order valence-electron chi connectivity index (χ2n) is 3.92. The van der Waals surface area contributed by atoms with Crippen molar-refractivity contribution >= 4 is 17.3 Å². The average molecular weight is 220 g/mol. The number of para-hydroxylation sites is 1. The normalized spacial score (nSPS) is 19.3. The Morgan fingerprint density at radius 3 is 2.88 bits per heavy atom. The molecule has 1 aliphatic heterocycles. The summed E-state index contributed by atoms with van der Waals surface area (Å²) in [6, 6.07) is 5.45. The number of hydrogen-bond acceptors (Lipinski definition) is 3. The van der Waals surface area contributed by atoms with Crippen molar-refractivity contribution < 1.29 is 9.90 Å². The fraction of sp³-hybridized carbons (Fsp3) is 0.417. The first-order valence-corrected chi connectivity index (χ1v) is 5.49. The summed E-state index contributed by atoms with van der Waals surface area (Å²) < 4.78 is 0. The van der Waals surface area contributed by atoms with Crippen LogP contribution in [0.5, 0.6) is 0 Å². The first-order valence-electron chi connectivity index (χ1n) is 5.49. The van der Waals surface area contributed by atoms with E-state index in [1.807, 2.05) is 32.0 Å². The molecule has 2 rings (SSSR count). The standard InChI is InChI=1S/C12H16N2O2/c1-3-14-11-9(7-15)5-4-6-10(11)13-8(2)12(14)16/h4-6,8,13,15H,3,7H2,1-2H3. The van der Waals surface area contributed by atoms with Gasteiger partial charge in [0.15, 0.2) is 0 Å². The number of carbonyl (C=O) groups excluding carboxylic acids is 1. The Morgan fingerprint density at radius 1 is 1.50 bits per heavy atom. The fourth-order valence-electron chi connectivity index (χ4n) is 2.11. The maximum atomic E-state index is 12.0. The summed E-state index contributed by atoms with van der Waals surface area (Å²) >= 11 is 0. The highest BCUT2D eigenvalue weighted by atomic mass is 16.3. The smallest absolute Gasteiger partial charge is 0.249 e. The maximum absolute atomic E-state index is 12.0. The summed E-state index contributed by atoms with van der Waals surface area (Å²) in [6.45, 7) is 4.35. The average Bonchev–Trinajstić information content (AvgIpc) is 2.30. The highest BCUT2D eigenvalue weighted by Crippen LogP contribution is 2.34. The lowest BCUT2D eigenvalue weighted by Gasteiger charge is -2.34. The Hall–Kier alpha value is -1.55. The van der Waals surface area contributed by atoms with Crippen LogP contribution < -0.4 is 10.2 Å². The fourth-order valence-corrected chi connectivity index (χ4v) is 2.11.